The molecule has 0 saturated carbocycles. The number of fused-ring (bicyclic) bond motifs is 1. The van der Waals surface area contributed by atoms with Crippen molar-refractivity contribution in [3.05, 3.63) is 53.3 Å². The second-order valence-electron chi connectivity index (χ2n) is 3.99. The summed E-state index contributed by atoms with van der Waals surface area (Å²) in [5.74, 6) is -0.436. The van der Waals surface area contributed by atoms with Crippen LogP contribution in [0.15, 0.2) is 42.0 Å². The van der Waals surface area contributed by atoms with Crippen LogP contribution in [0.4, 0.5) is 5.69 Å². The van der Waals surface area contributed by atoms with Gasteiger partial charge in [0.2, 0.25) is 0 Å². The van der Waals surface area contributed by atoms with Gasteiger partial charge in [-0.15, -0.1) is 11.3 Å². The Labute approximate surface area is 113 Å². The Morgan fingerprint density at radius 3 is 3.05 bits per heavy atom. The first-order valence-electron chi connectivity index (χ1n) is 5.67. The molecule has 0 spiro atoms. The quantitative estimate of drug-likeness (QED) is 0.587. The highest BCUT2D eigenvalue weighted by atomic mass is 32.1. The number of thiazole rings is 1. The lowest BCUT2D eigenvalue weighted by Crippen LogP contribution is -2.08. The van der Waals surface area contributed by atoms with Crippen LogP contribution >= 0.6 is 11.3 Å². The van der Waals surface area contributed by atoms with Gasteiger partial charge in [0, 0.05) is 23.5 Å². The highest BCUT2D eigenvalue weighted by molar-refractivity contribution is 7.15. The molecule has 2 N–H and O–H groups in total. The molecule has 0 radical (unpaired) electrons. The topological polar surface area (TPSA) is 69.6 Å². The molecule has 96 valence electrons. The Balaban J connectivity index is 1.71. The van der Waals surface area contributed by atoms with Crippen LogP contribution in [-0.2, 0) is 11.3 Å². The first-order valence-corrected chi connectivity index (χ1v) is 6.55. The molecule has 19 heavy (non-hydrogen) atoms. The van der Waals surface area contributed by atoms with Crippen molar-refractivity contribution in [1.82, 2.24) is 9.38 Å². The van der Waals surface area contributed by atoms with Gasteiger partial charge in [-0.1, -0.05) is 12.1 Å². The number of hydrogen-bond donors (Lipinski definition) is 1. The number of nitrogens with zero attached hydrogens (tertiary/aromatic N) is 2. The van der Waals surface area contributed by atoms with Gasteiger partial charge in [-0.2, -0.15) is 0 Å². The maximum absolute atomic E-state index is 11.9. The molecule has 3 rings (SSSR count). The minimum absolute atomic E-state index is 0.140. The second kappa shape index (κ2) is 4.74. The Morgan fingerprint density at radius 2 is 2.26 bits per heavy atom. The summed E-state index contributed by atoms with van der Waals surface area (Å²) in [5.41, 5.74) is 7.23. The molecule has 0 atom stereocenters. The number of aromatic nitrogens is 2. The Bertz CT molecular complexity index is 704. The van der Waals surface area contributed by atoms with Crippen molar-refractivity contribution in [3.63, 3.8) is 0 Å². The molecule has 0 aliphatic heterocycles. The predicted octanol–water partition coefficient (Wildman–Crippen LogP) is 2.33. The molecule has 0 saturated heterocycles. The van der Waals surface area contributed by atoms with E-state index in [-0.39, 0.29) is 6.61 Å². The van der Waals surface area contributed by atoms with E-state index in [2.05, 4.69) is 4.98 Å². The lowest BCUT2D eigenvalue weighted by molar-refractivity contribution is 0.0469. The molecule has 2 aromatic heterocycles. The lowest BCUT2D eigenvalue weighted by atomic mass is 10.2. The second-order valence-corrected chi connectivity index (χ2v) is 4.86. The van der Waals surface area contributed by atoms with Gasteiger partial charge in [0.15, 0.2) is 4.96 Å². The van der Waals surface area contributed by atoms with E-state index in [4.69, 9.17) is 10.5 Å². The Kier molecular flexibility index (Phi) is 2.92. The SMILES string of the molecule is Nc1ccccc1C(=O)OCc1cn2ccsc2n1. The zero-order valence-electron chi connectivity index (χ0n) is 9.95. The third-order valence-corrected chi connectivity index (χ3v) is 3.45. The molecular formula is C13H11N3O2S. The van der Waals surface area contributed by atoms with Crippen molar-refractivity contribution in [1.29, 1.82) is 0 Å². The van der Waals surface area contributed by atoms with E-state index >= 15 is 0 Å². The number of nitrogens with two attached hydrogens (primary N) is 1. The van der Waals surface area contributed by atoms with Gasteiger partial charge in [0.25, 0.3) is 0 Å². The van der Waals surface area contributed by atoms with Crippen molar-refractivity contribution < 1.29 is 9.53 Å². The number of ether oxygens (including phenoxy) is 1. The van der Waals surface area contributed by atoms with Crippen molar-refractivity contribution in [3.8, 4) is 0 Å². The largest absolute Gasteiger partial charge is 0.455 e. The summed E-state index contributed by atoms with van der Waals surface area (Å²) in [5, 5.41) is 1.95. The van der Waals surface area contributed by atoms with E-state index in [1.165, 1.54) is 11.3 Å². The average Bonchev–Trinajstić information content (AvgIpc) is 2.97. The van der Waals surface area contributed by atoms with Gasteiger partial charge in [-0.25, -0.2) is 9.78 Å². The maximum Gasteiger partial charge on any atom is 0.340 e. The summed E-state index contributed by atoms with van der Waals surface area (Å²) in [6.07, 6.45) is 3.75. The minimum atomic E-state index is -0.436. The molecule has 6 heteroatoms. The molecule has 0 unspecified atom stereocenters. The first kappa shape index (κ1) is 11.7. The molecule has 0 aliphatic rings. The van der Waals surface area contributed by atoms with Crippen molar-refractivity contribution in [2.24, 2.45) is 0 Å². The molecule has 0 amide bonds. The molecule has 1 aromatic carbocycles. The number of anilines is 1. The van der Waals surface area contributed by atoms with E-state index in [9.17, 15) is 4.79 Å². The zero-order valence-corrected chi connectivity index (χ0v) is 10.8. The Hall–Kier alpha value is -2.34. The monoisotopic (exact) mass is 273 g/mol. The van der Waals surface area contributed by atoms with Gasteiger partial charge in [-0.05, 0) is 12.1 Å². The van der Waals surface area contributed by atoms with E-state index < -0.39 is 5.97 Å². The van der Waals surface area contributed by atoms with E-state index in [0.717, 1.165) is 10.7 Å². The van der Waals surface area contributed by atoms with Crippen molar-refractivity contribution in [2.75, 3.05) is 5.73 Å². The van der Waals surface area contributed by atoms with Crippen molar-refractivity contribution in [2.45, 2.75) is 6.61 Å². The maximum atomic E-state index is 11.9. The molecule has 0 aliphatic carbocycles. The average molecular weight is 273 g/mol. The molecule has 2 heterocycles. The fourth-order valence-electron chi connectivity index (χ4n) is 1.75. The number of nitrogen functional groups attached to an aromatic ring is 1. The number of carbonyl (C=O) groups excluding carboxylic acids is 1. The highest BCUT2D eigenvalue weighted by Crippen LogP contribution is 2.15. The molecule has 3 aromatic rings. The van der Waals surface area contributed by atoms with Crippen LogP contribution in [0.2, 0.25) is 0 Å². The van der Waals surface area contributed by atoms with Gasteiger partial charge in [0.05, 0.1) is 11.3 Å². The van der Waals surface area contributed by atoms with Crippen LogP contribution in [0, 0.1) is 0 Å². The fourth-order valence-corrected chi connectivity index (χ4v) is 2.46. The number of esters is 1. The summed E-state index contributed by atoms with van der Waals surface area (Å²) in [7, 11) is 0. The normalized spacial score (nSPS) is 10.7. The number of benzene rings is 1. The predicted molar refractivity (Wildman–Crippen MR) is 73.0 cm³/mol. The number of carbonyl (C=O) groups is 1. The third kappa shape index (κ3) is 2.30. The number of imidazole rings is 1. The van der Waals surface area contributed by atoms with Crippen LogP contribution in [0.5, 0.6) is 0 Å². The van der Waals surface area contributed by atoms with Gasteiger partial charge < -0.3 is 10.5 Å². The van der Waals surface area contributed by atoms with Crippen LogP contribution in [0.3, 0.4) is 0 Å². The first-order chi connectivity index (χ1) is 9.24. The van der Waals surface area contributed by atoms with Crippen LogP contribution in [0.1, 0.15) is 16.1 Å². The number of rotatable bonds is 3. The van der Waals surface area contributed by atoms with Crippen LogP contribution in [0.25, 0.3) is 4.96 Å². The van der Waals surface area contributed by atoms with Crippen LogP contribution < -0.4 is 5.73 Å². The smallest absolute Gasteiger partial charge is 0.340 e. The van der Waals surface area contributed by atoms with Gasteiger partial charge >= 0.3 is 5.97 Å². The molecule has 0 fully saturated rings. The van der Waals surface area contributed by atoms with Gasteiger partial charge in [0.1, 0.15) is 6.61 Å². The Morgan fingerprint density at radius 1 is 1.42 bits per heavy atom. The fraction of sp³-hybridized carbons (Fsp3) is 0.0769. The molecule has 0 bridgehead atoms. The van der Waals surface area contributed by atoms with Crippen molar-refractivity contribution >= 4 is 28.0 Å². The van der Waals surface area contributed by atoms with Gasteiger partial charge in [-0.3, -0.25) is 4.40 Å². The minimum Gasteiger partial charge on any atom is -0.455 e. The summed E-state index contributed by atoms with van der Waals surface area (Å²) in [4.78, 5) is 17.1. The number of hydrogen-bond acceptors (Lipinski definition) is 5. The third-order valence-electron chi connectivity index (χ3n) is 2.67. The summed E-state index contributed by atoms with van der Waals surface area (Å²) < 4.78 is 7.10. The van der Waals surface area contributed by atoms with E-state index in [0.29, 0.717) is 11.3 Å². The summed E-state index contributed by atoms with van der Waals surface area (Å²) >= 11 is 1.53. The standard InChI is InChI=1S/C13H11N3O2S/c14-11-4-2-1-3-10(11)12(17)18-8-9-7-16-5-6-19-13(16)15-9/h1-7H,8,14H2. The van der Waals surface area contributed by atoms with E-state index in [1.54, 1.807) is 24.3 Å². The highest BCUT2D eigenvalue weighted by Gasteiger charge is 2.11. The molecular weight excluding hydrogens is 262 g/mol. The molecule has 5 nitrogen and oxygen atoms in total. The summed E-state index contributed by atoms with van der Waals surface area (Å²) in [6.45, 7) is 0.140. The lowest BCUT2D eigenvalue weighted by Gasteiger charge is -2.04. The number of para-hydroxylation sites is 1. The zero-order chi connectivity index (χ0) is 13.2. The summed E-state index contributed by atoms with van der Waals surface area (Å²) in [6, 6.07) is 6.84. The van der Waals surface area contributed by atoms with Crippen LogP contribution in [-0.4, -0.2) is 15.4 Å². The van der Waals surface area contributed by atoms with E-state index in [1.807, 2.05) is 22.2 Å².